The second-order valence-corrected chi connectivity index (χ2v) is 4.93. The van der Waals surface area contributed by atoms with Crippen LogP contribution >= 0.6 is 11.6 Å². The van der Waals surface area contributed by atoms with Crippen molar-refractivity contribution in [3.63, 3.8) is 0 Å². The van der Waals surface area contributed by atoms with E-state index in [0.717, 1.165) is 31.8 Å². The monoisotopic (exact) mass is 270 g/mol. The van der Waals surface area contributed by atoms with Gasteiger partial charge in [-0.1, -0.05) is 17.7 Å². The summed E-state index contributed by atoms with van der Waals surface area (Å²) >= 11 is 5.91. The molecule has 0 saturated carbocycles. The molecule has 5 heteroatoms. The smallest absolute Gasteiger partial charge is 0.120 e. The van der Waals surface area contributed by atoms with Crippen LogP contribution < -0.4 is 16.0 Å². The fourth-order valence-electron chi connectivity index (χ4n) is 2.18. The van der Waals surface area contributed by atoms with Gasteiger partial charge in [-0.2, -0.15) is 0 Å². The van der Waals surface area contributed by atoms with Crippen molar-refractivity contribution in [1.82, 2.24) is 5.43 Å². The molecular formula is C13H19ClN2O2. The van der Waals surface area contributed by atoms with Gasteiger partial charge in [0.15, 0.2) is 0 Å². The van der Waals surface area contributed by atoms with Gasteiger partial charge < -0.3 is 9.47 Å². The standard InChI is InChI=1S/C13H19ClN2O2/c14-11-2-1-3-12(8-11)18-9-13(16-15)10-4-6-17-7-5-10/h1-3,8,10,13,16H,4-7,9,15H2. The van der Waals surface area contributed by atoms with Crippen LogP contribution in [0.1, 0.15) is 12.8 Å². The van der Waals surface area contributed by atoms with E-state index in [0.29, 0.717) is 17.5 Å². The van der Waals surface area contributed by atoms with Crippen LogP contribution in [0.5, 0.6) is 5.75 Å². The molecule has 0 amide bonds. The van der Waals surface area contributed by atoms with Crippen molar-refractivity contribution >= 4 is 11.6 Å². The summed E-state index contributed by atoms with van der Waals surface area (Å²) in [6.45, 7) is 2.15. The molecular weight excluding hydrogens is 252 g/mol. The number of rotatable bonds is 5. The van der Waals surface area contributed by atoms with E-state index in [1.54, 1.807) is 6.07 Å². The Hall–Kier alpha value is -0.810. The van der Waals surface area contributed by atoms with Crippen LogP contribution in [0, 0.1) is 5.92 Å². The summed E-state index contributed by atoms with van der Waals surface area (Å²) in [7, 11) is 0. The average molecular weight is 271 g/mol. The molecule has 0 spiro atoms. The topological polar surface area (TPSA) is 56.5 Å². The van der Waals surface area contributed by atoms with Gasteiger partial charge in [-0.15, -0.1) is 0 Å². The Labute approximate surface area is 112 Å². The Morgan fingerprint density at radius 1 is 1.44 bits per heavy atom. The number of hydrazine groups is 1. The molecule has 1 aliphatic heterocycles. The van der Waals surface area contributed by atoms with Gasteiger partial charge in [0.1, 0.15) is 12.4 Å². The molecule has 0 bridgehead atoms. The van der Waals surface area contributed by atoms with E-state index in [-0.39, 0.29) is 6.04 Å². The summed E-state index contributed by atoms with van der Waals surface area (Å²) in [6, 6.07) is 7.54. The molecule has 1 fully saturated rings. The van der Waals surface area contributed by atoms with Crippen LogP contribution in [-0.2, 0) is 4.74 Å². The molecule has 1 aliphatic rings. The fourth-order valence-corrected chi connectivity index (χ4v) is 2.36. The van der Waals surface area contributed by atoms with Gasteiger partial charge in [0.05, 0.1) is 6.04 Å². The second kappa shape index (κ2) is 6.95. The molecule has 1 aromatic rings. The van der Waals surface area contributed by atoms with Gasteiger partial charge >= 0.3 is 0 Å². The molecule has 1 aromatic carbocycles. The summed E-state index contributed by atoms with van der Waals surface area (Å²) < 4.78 is 11.1. The summed E-state index contributed by atoms with van der Waals surface area (Å²) in [4.78, 5) is 0. The zero-order valence-electron chi connectivity index (χ0n) is 10.3. The highest BCUT2D eigenvalue weighted by Crippen LogP contribution is 2.21. The van der Waals surface area contributed by atoms with Crippen molar-refractivity contribution in [2.45, 2.75) is 18.9 Å². The van der Waals surface area contributed by atoms with Crippen LogP contribution in [0.4, 0.5) is 0 Å². The number of ether oxygens (including phenoxy) is 2. The van der Waals surface area contributed by atoms with E-state index in [1.165, 1.54) is 0 Å². The van der Waals surface area contributed by atoms with Crippen LogP contribution in [0.2, 0.25) is 5.02 Å². The van der Waals surface area contributed by atoms with E-state index in [9.17, 15) is 0 Å². The van der Waals surface area contributed by atoms with Gasteiger partial charge in [0.25, 0.3) is 0 Å². The molecule has 1 unspecified atom stereocenters. The summed E-state index contributed by atoms with van der Waals surface area (Å²) in [5.74, 6) is 6.88. The molecule has 0 radical (unpaired) electrons. The number of hydrogen-bond acceptors (Lipinski definition) is 4. The Bertz CT molecular complexity index is 370. The Morgan fingerprint density at radius 3 is 2.89 bits per heavy atom. The molecule has 0 aromatic heterocycles. The third kappa shape index (κ3) is 3.85. The van der Waals surface area contributed by atoms with Gasteiger partial charge in [0, 0.05) is 18.2 Å². The van der Waals surface area contributed by atoms with Gasteiger partial charge in [-0.25, -0.2) is 0 Å². The number of nitrogens with two attached hydrogens (primary N) is 1. The number of nitrogens with one attached hydrogen (secondary N) is 1. The molecule has 1 atom stereocenters. The van der Waals surface area contributed by atoms with E-state index in [4.69, 9.17) is 26.9 Å². The van der Waals surface area contributed by atoms with Crippen LogP contribution in [0.25, 0.3) is 0 Å². The highest BCUT2D eigenvalue weighted by atomic mass is 35.5. The Kier molecular flexibility index (Phi) is 5.26. The molecule has 18 heavy (non-hydrogen) atoms. The maximum absolute atomic E-state index is 5.91. The lowest BCUT2D eigenvalue weighted by Gasteiger charge is -2.29. The molecule has 3 N–H and O–H groups in total. The van der Waals surface area contributed by atoms with Crippen molar-refractivity contribution in [3.8, 4) is 5.75 Å². The molecule has 100 valence electrons. The van der Waals surface area contributed by atoms with Crippen molar-refractivity contribution in [2.75, 3.05) is 19.8 Å². The number of hydrogen-bond donors (Lipinski definition) is 2. The first-order chi connectivity index (χ1) is 8.79. The Morgan fingerprint density at radius 2 is 2.22 bits per heavy atom. The lowest BCUT2D eigenvalue weighted by Crippen LogP contribution is -2.46. The molecule has 2 rings (SSSR count). The molecule has 4 nitrogen and oxygen atoms in total. The maximum atomic E-state index is 5.91. The third-order valence-electron chi connectivity index (χ3n) is 3.27. The SMILES string of the molecule is NNC(COc1cccc(Cl)c1)C1CCOCC1. The fraction of sp³-hybridized carbons (Fsp3) is 0.538. The third-order valence-corrected chi connectivity index (χ3v) is 3.51. The highest BCUT2D eigenvalue weighted by Gasteiger charge is 2.23. The first kappa shape index (κ1) is 13.6. The lowest BCUT2D eigenvalue weighted by molar-refractivity contribution is 0.0460. The predicted octanol–water partition coefficient (Wildman–Crippen LogP) is 1.98. The van der Waals surface area contributed by atoms with Crippen molar-refractivity contribution in [1.29, 1.82) is 0 Å². The first-order valence-electron chi connectivity index (χ1n) is 6.22. The summed E-state index contributed by atoms with van der Waals surface area (Å²) in [6.07, 6.45) is 2.04. The summed E-state index contributed by atoms with van der Waals surface area (Å²) in [5.41, 5.74) is 2.84. The average Bonchev–Trinajstić information content (AvgIpc) is 2.41. The van der Waals surface area contributed by atoms with Gasteiger partial charge in [-0.3, -0.25) is 11.3 Å². The van der Waals surface area contributed by atoms with Gasteiger partial charge in [0.2, 0.25) is 0 Å². The molecule has 0 aliphatic carbocycles. The Balaban J connectivity index is 1.86. The van der Waals surface area contributed by atoms with Crippen LogP contribution in [0.15, 0.2) is 24.3 Å². The zero-order valence-corrected chi connectivity index (χ0v) is 11.0. The van der Waals surface area contributed by atoms with E-state index < -0.39 is 0 Å². The highest BCUT2D eigenvalue weighted by molar-refractivity contribution is 6.30. The van der Waals surface area contributed by atoms with Crippen molar-refractivity contribution in [2.24, 2.45) is 11.8 Å². The van der Waals surface area contributed by atoms with E-state index >= 15 is 0 Å². The molecule has 1 saturated heterocycles. The van der Waals surface area contributed by atoms with Crippen LogP contribution in [-0.4, -0.2) is 25.9 Å². The second-order valence-electron chi connectivity index (χ2n) is 4.49. The molecule has 1 heterocycles. The van der Waals surface area contributed by atoms with E-state index in [1.807, 2.05) is 18.2 Å². The zero-order chi connectivity index (χ0) is 12.8. The minimum absolute atomic E-state index is 0.146. The lowest BCUT2D eigenvalue weighted by atomic mass is 9.93. The summed E-state index contributed by atoms with van der Waals surface area (Å²) in [5, 5.41) is 0.677. The van der Waals surface area contributed by atoms with Crippen molar-refractivity contribution < 1.29 is 9.47 Å². The quantitative estimate of drug-likeness (QED) is 0.635. The van der Waals surface area contributed by atoms with E-state index in [2.05, 4.69) is 5.43 Å². The predicted molar refractivity (Wildman–Crippen MR) is 71.6 cm³/mol. The maximum Gasteiger partial charge on any atom is 0.120 e. The number of benzene rings is 1. The first-order valence-corrected chi connectivity index (χ1v) is 6.59. The normalized spacial score (nSPS) is 18.6. The largest absolute Gasteiger partial charge is 0.492 e. The van der Waals surface area contributed by atoms with Crippen molar-refractivity contribution in [3.05, 3.63) is 29.3 Å². The van der Waals surface area contributed by atoms with Crippen LogP contribution in [0.3, 0.4) is 0 Å². The van der Waals surface area contributed by atoms with Gasteiger partial charge in [-0.05, 0) is 37.0 Å². The minimum atomic E-state index is 0.146. The minimum Gasteiger partial charge on any atom is -0.492 e. The number of halogens is 1.